The zero-order chi connectivity index (χ0) is 14.2. The van der Waals surface area contributed by atoms with Crippen molar-refractivity contribution in [3.8, 4) is 0 Å². The highest BCUT2D eigenvalue weighted by atomic mass is 32.2. The lowest BCUT2D eigenvalue weighted by molar-refractivity contribution is 0.0999. The third-order valence-electron chi connectivity index (χ3n) is 3.30. The Labute approximate surface area is 111 Å². The number of rotatable bonds is 4. The molecule has 1 amide bonds. The molecule has 2 rings (SSSR count). The van der Waals surface area contributed by atoms with Crippen LogP contribution in [-0.2, 0) is 16.4 Å². The van der Waals surface area contributed by atoms with Crippen molar-refractivity contribution < 1.29 is 17.6 Å². The van der Waals surface area contributed by atoms with E-state index in [1.165, 1.54) is 13.0 Å². The summed E-state index contributed by atoms with van der Waals surface area (Å²) in [6.07, 6.45) is 0.859. The van der Waals surface area contributed by atoms with Crippen LogP contribution in [0.2, 0.25) is 0 Å². The Balaban J connectivity index is 2.45. The van der Waals surface area contributed by atoms with Gasteiger partial charge in [-0.2, -0.15) is 0 Å². The molecule has 104 valence electrons. The third kappa shape index (κ3) is 2.62. The summed E-state index contributed by atoms with van der Waals surface area (Å²) in [5.41, 5.74) is 6.25. The fraction of sp³-hybridized carbons (Fsp3) is 0.417. The molecule has 7 heteroatoms. The van der Waals surface area contributed by atoms with Gasteiger partial charge in [-0.05, 0) is 37.5 Å². The van der Waals surface area contributed by atoms with E-state index in [-0.39, 0.29) is 16.9 Å². The number of carbonyl (C=O) groups is 1. The van der Waals surface area contributed by atoms with Crippen molar-refractivity contribution in [3.63, 3.8) is 0 Å². The van der Waals surface area contributed by atoms with Crippen LogP contribution >= 0.6 is 0 Å². The number of halogens is 1. The number of nitrogens with one attached hydrogen (secondary N) is 1. The Morgan fingerprint density at radius 2 is 2.21 bits per heavy atom. The van der Waals surface area contributed by atoms with Crippen LogP contribution in [-0.4, -0.2) is 20.1 Å². The van der Waals surface area contributed by atoms with E-state index < -0.39 is 27.8 Å². The summed E-state index contributed by atoms with van der Waals surface area (Å²) in [7, 11) is -3.43. The van der Waals surface area contributed by atoms with Gasteiger partial charge in [-0.1, -0.05) is 0 Å². The van der Waals surface area contributed by atoms with Gasteiger partial charge >= 0.3 is 0 Å². The first-order valence-electron chi connectivity index (χ1n) is 5.96. The molecule has 1 unspecified atom stereocenters. The predicted octanol–water partition coefficient (Wildman–Crippen LogP) is 0.851. The molecule has 0 saturated carbocycles. The second-order valence-electron chi connectivity index (χ2n) is 4.46. The molecule has 0 bridgehead atoms. The highest BCUT2D eigenvalue weighted by molar-refractivity contribution is 7.89. The standard InChI is InChI=1S/C12H15FN2O3S/c1-2-19(17,18)15-10-6-4-7-8(12(14)16)3-5-9(13)11(7)10/h3,5,10,15H,2,4,6H2,1H3,(H2,14,16). The molecule has 0 aromatic heterocycles. The van der Waals surface area contributed by atoms with Crippen molar-refractivity contribution >= 4 is 15.9 Å². The minimum absolute atomic E-state index is 0.0734. The lowest BCUT2D eigenvalue weighted by Gasteiger charge is -2.14. The van der Waals surface area contributed by atoms with E-state index in [2.05, 4.69) is 4.72 Å². The van der Waals surface area contributed by atoms with E-state index in [9.17, 15) is 17.6 Å². The van der Waals surface area contributed by atoms with Gasteiger partial charge in [-0.3, -0.25) is 4.79 Å². The lowest BCUT2D eigenvalue weighted by Crippen LogP contribution is -2.29. The maximum Gasteiger partial charge on any atom is 0.248 e. The molecular weight excluding hydrogens is 271 g/mol. The lowest BCUT2D eigenvalue weighted by atomic mass is 10.0. The van der Waals surface area contributed by atoms with Crippen LogP contribution in [0.4, 0.5) is 4.39 Å². The first-order valence-corrected chi connectivity index (χ1v) is 7.62. The highest BCUT2D eigenvalue weighted by Crippen LogP contribution is 2.35. The smallest absolute Gasteiger partial charge is 0.248 e. The quantitative estimate of drug-likeness (QED) is 0.860. The number of carbonyl (C=O) groups excluding carboxylic acids is 1. The topological polar surface area (TPSA) is 89.3 Å². The van der Waals surface area contributed by atoms with Crippen LogP contribution < -0.4 is 10.5 Å². The third-order valence-corrected chi connectivity index (χ3v) is 4.71. The molecule has 19 heavy (non-hydrogen) atoms. The fourth-order valence-corrected chi connectivity index (χ4v) is 3.20. The molecule has 0 spiro atoms. The minimum atomic E-state index is -3.43. The SMILES string of the molecule is CCS(=O)(=O)NC1CCc2c(C(N)=O)ccc(F)c21. The summed E-state index contributed by atoms with van der Waals surface area (Å²) in [6.45, 7) is 1.51. The molecule has 0 fully saturated rings. The van der Waals surface area contributed by atoms with Crippen molar-refractivity contribution in [2.45, 2.75) is 25.8 Å². The van der Waals surface area contributed by atoms with Gasteiger partial charge in [0.25, 0.3) is 0 Å². The van der Waals surface area contributed by atoms with Gasteiger partial charge in [0.2, 0.25) is 15.9 Å². The number of amides is 1. The van der Waals surface area contributed by atoms with Crippen LogP contribution in [0.3, 0.4) is 0 Å². The predicted molar refractivity (Wildman–Crippen MR) is 68.6 cm³/mol. The Kier molecular flexibility index (Phi) is 3.60. The summed E-state index contributed by atoms with van der Waals surface area (Å²) in [4.78, 5) is 11.3. The fourth-order valence-electron chi connectivity index (χ4n) is 2.36. The molecule has 1 aromatic carbocycles. The van der Waals surface area contributed by atoms with Gasteiger partial charge in [0, 0.05) is 11.1 Å². The molecule has 1 aliphatic carbocycles. The van der Waals surface area contributed by atoms with Gasteiger partial charge in [0.05, 0.1) is 11.8 Å². The number of primary amides is 1. The summed E-state index contributed by atoms with van der Waals surface area (Å²) in [5.74, 6) is -1.22. The number of sulfonamides is 1. The van der Waals surface area contributed by atoms with E-state index >= 15 is 0 Å². The maximum atomic E-state index is 13.9. The van der Waals surface area contributed by atoms with E-state index in [1.54, 1.807) is 0 Å². The van der Waals surface area contributed by atoms with E-state index in [0.29, 0.717) is 18.4 Å². The highest BCUT2D eigenvalue weighted by Gasteiger charge is 2.31. The van der Waals surface area contributed by atoms with Gasteiger partial charge in [0.1, 0.15) is 5.82 Å². The molecule has 3 N–H and O–H groups in total. The molecule has 0 radical (unpaired) electrons. The summed E-state index contributed by atoms with van der Waals surface area (Å²) >= 11 is 0. The molecule has 1 aromatic rings. The van der Waals surface area contributed by atoms with E-state index in [0.717, 1.165) is 6.07 Å². The van der Waals surface area contributed by atoms with Crippen molar-refractivity contribution in [2.75, 3.05) is 5.75 Å². The molecule has 1 atom stereocenters. The molecule has 1 aliphatic rings. The number of hydrogen-bond acceptors (Lipinski definition) is 3. The van der Waals surface area contributed by atoms with Crippen LogP contribution in [0.1, 0.15) is 40.9 Å². The number of nitrogens with two attached hydrogens (primary N) is 1. The summed E-state index contributed by atoms with van der Waals surface area (Å²) in [5, 5.41) is 0. The number of fused-ring (bicyclic) bond motifs is 1. The van der Waals surface area contributed by atoms with Crippen molar-refractivity contribution in [2.24, 2.45) is 5.73 Å². The van der Waals surface area contributed by atoms with Gasteiger partial charge < -0.3 is 5.73 Å². The van der Waals surface area contributed by atoms with Crippen molar-refractivity contribution in [1.82, 2.24) is 4.72 Å². The Morgan fingerprint density at radius 3 is 2.79 bits per heavy atom. The van der Waals surface area contributed by atoms with Crippen LogP contribution in [0, 0.1) is 5.82 Å². The Morgan fingerprint density at radius 1 is 1.53 bits per heavy atom. The average molecular weight is 286 g/mol. The van der Waals surface area contributed by atoms with Crippen molar-refractivity contribution in [1.29, 1.82) is 0 Å². The maximum absolute atomic E-state index is 13.9. The normalized spacial score (nSPS) is 18.3. The largest absolute Gasteiger partial charge is 0.366 e. The molecule has 5 nitrogen and oxygen atoms in total. The summed E-state index contributed by atoms with van der Waals surface area (Å²) < 4.78 is 39.5. The Bertz CT molecular complexity index is 628. The second-order valence-corrected chi connectivity index (χ2v) is 6.51. The van der Waals surface area contributed by atoms with Gasteiger partial charge in [0.15, 0.2) is 0 Å². The van der Waals surface area contributed by atoms with Crippen LogP contribution in [0.5, 0.6) is 0 Å². The minimum Gasteiger partial charge on any atom is -0.366 e. The first-order chi connectivity index (χ1) is 8.85. The molecule has 0 saturated heterocycles. The van der Waals surface area contributed by atoms with Crippen molar-refractivity contribution in [3.05, 3.63) is 34.6 Å². The second kappa shape index (κ2) is 4.90. The van der Waals surface area contributed by atoms with Gasteiger partial charge in [-0.25, -0.2) is 17.5 Å². The Hall–Kier alpha value is -1.47. The van der Waals surface area contributed by atoms with Crippen LogP contribution in [0.25, 0.3) is 0 Å². The zero-order valence-corrected chi connectivity index (χ0v) is 11.3. The monoisotopic (exact) mass is 286 g/mol. The van der Waals surface area contributed by atoms with E-state index in [4.69, 9.17) is 5.73 Å². The zero-order valence-electron chi connectivity index (χ0n) is 10.4. The average Bonchev–Trinajstić information content (AvgIpc) is 2.73. The number of hydrogen-bond donors (Lipinski definition) is 2. The van der Waals surface area contributed by atoms with E-state index in [1.807, 2.05) is 0 Å². The molecule has 0 aliphatic heterocycles. The molecule has 0 heterocycles. The number of benzene rings is 1. The van der Waals surface area contributed by atoms with Crippen LogP contribution in [0.15, 0.2) is 12.1 Å². The summed E-state index contributed by atoms with van der Waals surface area (Å²) in [6, 6.07) is 1.87. The molecular formula is C12H15FN2O3S. The van der Waals surface area contributed by atoms with Gasteiger partial charge in [-0.15, -0.1) is 0 Å². The first kappa shape index (κ1) is 14.0.